The smallest absolute Gasteiger partial charge is 0.222 e. The third kappa shape index (κ3) is 2.70. The van der Waals surface area contributed by atoms with Crippen molar-refractivity contribution in [1.29, 1.82) is 0 Å². The second kappa shape index (κ2) is 5.35. The zero-order valence-corrected chi connectivity index (χ0v) is 13.2. The lowest BCUT2D eigenvalue weighted by molar-refractivity contribution is -0.114. The zero-order chi connectivity index (χ0) is 15.1. The molecule has 0 bridgehead atoms. The summed E-state index contributed by atoms with van der Waals surface area (Å²) in [5.74, 6) is 1.17. The lowest BCUT2D eigenvalue weighted by Gasteiger charge is -2.14. The molecule has 7 nitrogen and oxygen atoms in total. The second-order valence-corrected chi connectivity index (χ2v) is 6.94. The Kier molecular flexibility index (Phi) is 3.33. The molecule has 0 aromatic carbocycles. The van der Waals surface area contributed by atoms with Gasteiger partial charge in [0.05, 0.1) is 6.04 Å². The van der Waals surface area contributed by atoms with Gasteiger partial charge in [0, 0.05) is 38.2 Å². The Balaban J connectivity index is 1.42. The maximum Gasteiger partial charge on any atom is 0.222 e. The van der Waals surface area contributed by atoms with Crippen LogP contribution < -0.4 is 10.2 Å². The largest absolute Gasteiger partial charge is 0.344 e. The normalized spacial score (nSPS) is 21.3. The van der Waals surface area contributed by atoms with E-state index in [1.54, 1.807) is 11.3 Å². The van der Waals surface area contributed by atoms with Gasteiger partial charge < -0.3 is 10.2 Å². The number of hydrogen-bond donors (Lipinski definition) is 1. The van der Waals surface area contributed by atoms with Crippen LogP contribution in [-0.4, -0.2) is 39.0 Å². The van der Waals surface area contributed by atoms with Crippen LogP contribution in [0.15, 0.2) is 12.3 Å². The van der Waals surface area contributed by atoms with E-state index in [1.807, 2.05) is 16.9 Å². The first-order valence-electron chi connectivity index (χ1n) is 7.60. The van der Waals surface area contributed by atoms with Gasteiger partial charge >= 0.3 is 0 Å². The predicted octanol–water partition coefficient (Wildman–Crippen LogP) is 2.02. The van der Waals surface area contributed by atoms with Gasteiger partial charge in [-0.05, 0) is 19.3 Å². The highest BCUT2D eigenvalue weighted by molar-refractivity contribution is 7.15. The number of carbonyl (C=O) groups is 1. The number of anilines is 2. The summed E-state index contributed by atoms with van der Waals surface area (Å²) in [7, 11) is 0. The highest BCUT2D eigenvalue weighted by Gasteiger charge is 2.31. The summed E-state index contributed by atoms with van der Waals surface area (Å²) in [6, 6.07) is 2.15. The molecule has 1 atom stereocenters. The molecule has 1 N–H and O–H groups in total. The van der Waals surface area contributed by atoms with Gasteiger partial charge in [-0.25, -0.2) is 0 Å². The average Bonchev–Trinajstić information content (AvgIpc) is 2.95. The molecular formula is C14H18N6OS. The van der Waals surface area contributed by atoms with E-state index in [9.17, 15) is 4.79 Å². The fraction of sp³-hybridized carbons (Fsp3) is 0.571. The van der Waals surface area contributed by atoms with E-state index in [-0.39, 0.29) is 5.91 Å². The molecule has 1 saturated carbocycles. The summed E-state index contributed by atoms with van der Waals surface area (Å²) in [5.41, 5.74) is 0. The monoisotopic (exact) mass is 318 g/mol. The molecule has 0 radical (unpaired) electrons. The molecule has 2 aromatic heterocycles. The Hall–Kier alpha value is -1.96. The van der Waals surface area contributed by atoms with Crippen molar-refractivity contribution in [3.05, 3.63) is 17.3 Å². The van der Waals surface area contributed by atoms with Crippen LogP contribution in [0.4, 0.5) is 10.9 Å². The summed E-state index contributed by atoms with van der Waals surface area (Å²) < 4.78 is 1.94. The number of aromatic nitrogens is 4. The lowest BCUT2D eigenvalue weighted by Crippen LogP contribution is -2.21. The van der Waals surface area contributed by atoms with Crippen molar-refractivity contribution in [2.24, 2.45) is 0 Å². The van der Waals surface area contributed by atoms with E-state index in [2.05, 4.69) is 25.5 Å². The zero-order valence-electron chi connectivity index (χ0n) is 12.4. The van der Waals surface area contributed by atoms with Crippen molar-refractivity contribution in [2.75, 3.05) is 23.3 Å². The van der Waals surface area contributed by atoms with Crippen molar-refractivity contribution in [1.82, 2.24) is 20.0 Å². The van der Waals surface area contributed by atoms with Crippen molar-refractivity contribution < 1.29 is 4.79 Å². The molecule has 2 aliphatic rings. The second-order valence-electron chi connectivity index (χ2n) is 5.95. The number of carbonyl (C=O) groups excluding carboxylic acids is 1. The quantitative estimate of drug-likeness (QED) is 0.933. The van der Waals surface area contributed by atoms with E-state index < -0.39 is 0 Å². The Morgan fingerprint density at radius 3 is 3.00 bits per heavy atom. The first-order chi connectivity index (χ1) is 10.7. The van der Waals surface area contributed by atoms with Crippen LogP contribution in [0.5, 0.6) is 0 Å². The van der Waals surface area contributed by atoms with Crippen LogP contribution in [0.2, 0.25) is 0 Å². The van der Waals surface area contributed by atoms with Gasteiger partial charge in [-0.15, -0.1) is 10.2 Å². The Labute approximate surface area is 132 Å². The molecule has 3 heterocycles. The first-order valence-corrected chi connectivity index (χ1v) is 8.42. The minimum absolute atomic E-state index is 0.0974. The van der Waals surface area contributed by atoms with Crippen molar-refractivity contribution in [2.45, 2.75) is 38.1 Å². The topological polar surface area (TPSA) is 75.9 Å². The number of hydrogen-bond acceptors (Lipinski definition) is 6. The van der Waals surface area contributed by atoms with Gasteiger partial charge in [-0.3, -0.25) is 9.48 Å². The third-order valence-electron chi connectivity index (χ3n) is 4.08. The minimum Gasteiger partial charge on any atom is -0.344 e. The van der Waals surface area contributed by atoms with Crippen LogP contribution in [0.1, 0.15) is 43.2 Å². The van der Waals surface area contributed by atoms with Crippen LogP contribution in [0, 0.1) is 0 Å². The van der Waals surface area contributed by atoms with Crippen molar-refractivity contribution >= 4 is 28.2 Å². The van der Waals surface area contributed by atoms with Gasteiger partial charge in [0.1, 0.15) is 5.01 Å². The van der Waals surface area contributed by atoms with E-state index in [0.29, 0.717) is 17.8 Å². The van der Waals surface area contributed by atoms with Gasteiger partial charge in [0.15, 0.2) is 5.82 Å². The summed E-state index contributed by atoms with van der Waals surface area (Å²) in [5, 5.41) is 18.0. The van der Waals surface area contributed by atoms with E-state index in [1.165, 1.54) is 24.8 Å². The maximum absolute atomic E-state index is 11.1. The van der Waals surface area contributed by atoms with Gasteiger partial charge in [-0.2, -0.15) is 5.10 Å². The van der Waals surface area contributed by atoms with Crippen molar-refractivity contribution in [3.8, 4) is 0 Å². The van der Waals surface area contributed by atoms with E-state index in [4.69, 9.17) is 0 Å². The molecule has 2 aromatic rings. The molecule has 116 valence electrons. The molecule has 1 aliphatic heterocycles. The molecule has 0 spiro atoms. The van der Waals surface area contributed by atoms with Gasteiger partial charge in [0.25, 0.3) is 0 Å². The molecular weight excluding hydrogens is 300 g/mol. The number of rotatable bonds is 4. The minimum atomic E-state index is -0.0974. The Bertz CT molecular complexity index is 691. The predicted molar refractivity (Wildman–Crippen MR) is 84.3 cm³/mol. The fourth-order valence-electron chi connectivity index (χ4n) is 2.77. The summed E-state index contributed by atoms with van der Waals surface area (Å²) in [4.78, 5) is 13.3. The van der Waals surface area contributed by atoms with Crippen LogP contribution in [-0.2, 0) is 4.79 Å². The molecule has 2 fully saturated rings. The van der Waals surface area contributed by atoms with Crippen molar-refractivity contribution in [3.63, 3.8) is 0 Å². The summed E-state index contributed by atoms with van der Waals surface area (Å²) in [6.07, 6.45) is 5.47. The summed E-state index contributed by atoms with van der Waals surface area (Å²) in [6.45, 7) is 3.35. The summed E-state index contributed by atoms with van der Waals surface area (Å²) >= 11 is 1.73. The molecule has 1 unspecified atom stereocenters. The SMILES string of the molecule is CC(=O)Nc1ccn(C2CCN(c3nnc(C4CC4)s3)C2)n1. The number of amides is 1. The highest BCUT2D eigenvalue weighted by atomic mass is 32.1. The fourth-order valence-corrected chi connectivity index (χ4v) is 3.82. The Morgan fingerprint density at radius 1 is 1.36 bits per heavy atom. The molecule has 22 heavy (non-hydrogen) atoms. The van der Waals surface area contributed by atoms with E-state index in [0.717, 1.165) is 24.6 Å². The lowest BCUT2D eigenvalue weighted by atomic mass is 10.3. The Morgan fingerprint density at radius 2 is 2.23 bits per heavy atom. The molecule has 1 amide bonds. The molecule has 1 aliphatic carbocycles. The van der Waals surface area contributed by atoms with E-state index >= 15 is 0 Å². The first kappa shape index (κ1) is 13.7. The number of nitrogens with zero attached hydrogens (tertiary/aromatic N) is 5. The van der Waals surface area contributed by atoms with Crippen LogP contribution >= 0.6 is 11.3 Å². The van der Waals surface area contributed by atoms with Crippen LogP contribution in [0.25, 0.3) is 0 Å². The van der Waals surface area contributed by atoms with Crippen LogP contribution in [0.3, 0.4) is 0 Å². The van der Waals surface area contributed by atoms with Gasteiger partial charge in [-0.1, -0.05) is 11.3 Å². The molecule has 8 heteroatoms. The third-order valence-corrected chi connectivity index (χ3v) is 5.22. The number of nitrogens with one attached hydrogen (secondary N) is 1. The highest BCUT2D eigenvalue weighted by Crippen LogP contribution is 2.43. The maximum atomic E-state index is 11.1. The average molecular weight is 318 g/mol. The molecule has 1 saturated heterocycles. The standard InChI is InChI=1S/C14H18N6OS/c1-9(21)15-12-5-7-20(18-12)11-4-6-19(8-11)14-17-16-13(22-14)10-2-3-10/h5,7,10-11H,2-4,6,8H2,1H3,(H,15,18,21). The van der Waals surface area contributed by atoms with Gasteiger partial charge in [0.2, 0.25) is 11.0 Å². The molecule has 4 rings (SSSR count).